The second kappa shape index (κ2) is 13.1. The van der Waals surface area contributed by atoms with E-state index in [-0.39, 0.29) is 35.2 Å². The van der Waals surface area contributed by atoms with E-state index in [4.69, 9.17) is 9.47 Å². The number of fused-ring (bicyclic) bond motifs is 4. The van der Waals surface area contributed by atoms with Gasteiger partial charge >= 0.3 is 6.03 Å². The van der Waals surface area contributed by atoms with Gasteiger partial charge in [0.15, 0.2) is 0 Å². The molecule has 2 bridgehead atoms. The summed E-state index contributed by atoms with van der Waals surface area (Å²) in [5.41, 5.74) is 4.87. The molecule has 11 heteroatoms. The molecule has 5 aliphatic rings. The van der Waals surface area contributed by atoms with Crippen LogP contribution in [0.5, 0.6) is 5.75 Å². The van der Waals surface area contributed by atoms with Gasteiger partial charge in [-0.25, -0.2) is 13.4 Å². The molecule has 2 aromatic rings. The average Bonchev–Trinajstić information content (AvgIpc) is 3.75. The summed E-state index contributed by atoms with van der Waals surface area (Å²) in [7, 11) is -1.79. The number of urea groups is 1. The largest absolute Gasteiger partial charge is 0.490 e. The van der Waals surface area contributed by atoms with E-state index in [0.717, 1.165) is 50.9 Å². The first kappa shape index (κ1) is 33.1. The van der Waals surface area contributed by atoms with Crippen LogP contribution in [0.1, 0.15) is 72.5 Å². The van der Waals surface area contributed by atoms with Crippen molar-refractivity contribution in [3.8, 4) is 5.75 Å². The zero-order chi connectivity index (χ0) is 33.6. The second-order valence-corrected chi connectivity index (χ2v) is 16.8. The molecule has 48 heavy (non-hydrogen) atoms. The van der Waals surface area contributed by atoms with E-state index in [0.29, 0.717) is 30.6 Å². The molecule has 1 unspecified atom stereocenters. The fraction of sp³-hybridized carbons (Fsp3) is 0.568. The fourth-order valence-corrected chi connectivity index (χ4v) is 10.0. The maximum atomic E-state index is 14.2. The van der Waals surface area contributed by atoms with Crippen molar-refractivity contribution in [3.05, 3.63) is 70.8 Å². The number of ether oxygens (including phenoxy) is 2. The van der Waals surface area contributed by atoms with E-state index in [2.05, 4.69) is 56.6 Å². The normalized spacial score (nSPS) is 35.1. The van der Waals surface area contributed by atoms with E-state index in [9.17, 15) is 18.2 Å². The number of anilines is 1. The van der Waals surface area contributed by atoms with Crippen molar-refractivity contribution in [3.63, 3.8) is 0 Å². The summed E-state index contributed by atoms with van der Waals surface area (Å²) in [5.74, 6) is 0.569. The summed E-state index contributed by atoms with van der Waals surface area (Å²) in [5, 5.41) is 2.50. The molecule has 0 radical (unpaired) electrons. The third-order valence-corrected chi connectivity index (χ3v) is 13.0. The molecule has 2 N–H and O–H groups in total. The Bertz CT molecular complexity index is 1740. The summed E-state index contributed by atoms with van der Waals surface area (Å²) < 4.78 is 47.0. The van der Waals surface area contributed by atoms with Gasteiger partial charge in [0.25, 0.3) is 5.91 Å². The number of methoxy groups -OCH3 is 1. The highest BCUT2D eigenvalue weighted by Gasteiger charge is 2.44. The number of carbonyl (C=O) groups excluding carboxylic acids is 2. The van der Waals surface area contributed by atoms with E-state index in [1.54, 1.807) is 13.2 Å². The number of nitrogens with zero attached hydrogens (tertiary/aromatic N) is 2. The first-order valence-corrected chi connectivity index (χ1v) is 19.1. The molecule has 2 heterocycles. The van der Waals surface area contributed by atoms with E-state index in [1.165, 1.54) is 16.7 Å². The molecule has 1 spiro atoms. The van der Waals surface area contributed by atoms with Crippen LogP contribution in [0.2, 0.25) is 0 Å². The van der Waals surface area contributed by atoms with E-state index < -0.39 is 34.1 Å². The molecule has 2 fully saturated rings. The lowest BCUT2D eigenvalue weighted by Gasteiger charge is -2.46. The Morgan fingerprint density at radius 2 is 2.04 bits per heavy atom. The van der Waals surface area contributed by atoms with Gasteiger partial charge in [-0.2, -0.15) is 0 Å². The Balaban J connectivity index is 1.28. The van der Waals surface area contributed by atoms with Crippen LogP contribution in [0.3, 0.4) is 0 Å². The monoisotopic (exact) mass is 678 g/mol. The molecule has 9 nitrogen and oxygen atoms in total. The maximum Gasteiger partial charge on any atom is 0.327 e. The van der Waals surface area contributed by atoms with Crippen molar-refractivity contribution in [2.75, 3.05) is 37.5 Å². The second-order valence-electron chi connectivity index (χ2n) is 14.8. The molecule has 7 rings (SSSR count). The molecule has 0 saturated heterocycles. The average molecular weight is 679 g/mol. The standard InChI is InChI=1S/C37H47FN4O5S/c1-23-9-13-29-25(16-23)7-5-15-37(29)21-42-19-27-10-12-28(27)33(46-3)8-4-6-24(2)20-48(45,41-36(44)39-31-18-30(31)38)40-35(43)26-11-14-34(47-22-37)32(42)17-26/h4,8-9,11,13-14,16-17,24,27-28,30-31,33H,5-7,10,12,15,18-22H2,1-3H3,(H2,39,40,41,43,44,45)/b8-4+/t24-,27-,28+,30-,31+,33-,37-,48?/m0/s1. The summed E-state index contributed by atoms with van der Waals surface area (Å²) in [6.45, 7) is 6.12. The minimum Gasteiger partial charge on any atom is -0.490 e. The fourth-order valence-electron chi connectivity index (χ4n) is 8.18. The van der Waals surface area contributed by atoms with Crippen LogP contribution in [0, 0.1) is 24.7 Å². The molecule has 2 saturated carbocycles. The van der Waals surface area contributed by atoms with Crippen molar-refractivity contribution >= 4 is 27.5 Å². The number of aryl methyl sites for hydroxylation is 2. The van der Waals surface area contributed by atoms with E-state index >= 15 is 0 Å². The molecular weight excluding hydrogens is 631 g/mol. The van der Waals surface area contributed by atoms with Gasteiger partial charge in [-0.1, -0.05) is 42.8 Å². The summed E-state index contributed by atoms with van der Waals surface area (Å²) >= 11 is 0. The quantitative estimate of drug-likeness (QED) is 0.384. The van der Waals surface area contributed by atoms with Crippen LogP contribution in [0.15, 0.2) is 52.9 Å². The van der Waals surface area contributed by atoms with Crippen molar-refractivity contribution < 1.29 is 27.7 Å². The van der Waals surface area contributed by atoms with Gasteiger partial charge < -0.3 is 19.7 Å². The summed E-state index contributed by atoms with van der Waals surface area (Å²) in [4.78, 5) is 29.0. The highest BCUT2D eigenvalue weighted by Crippen LogP contribution is 2.47. The number of benzene rings is 2. The van der Waals surface area contributed by atoms with Gasteiger partial charge in [-0.3, -0.25) is 9.52 Å². The lowest BCUT2D eigenvalue weighted by Crippen LogP contribution is -2.49. The number of hydrogen-bond acceptors (Lipinski definition) is 6. The highest BCUT2D eigenvalue weighted by atomic mass is 32.2. The van der Waals surface area contributed by atoms with Crippen LogP contribution in [0.25, 0.3) is 0 Å². The Morgan fingerprint density at radius 1 is 1.21 bits per heavy atom. The number of halogens is 1. The number of amides is 3. The number of hydrogen-bond donors (Lipinski definition) is 2. The molecule has 258 valence electrons. The van der Waals surface area contributed by atoms with Gasteiger partial charge in [-0.05, 0) is 92.5 Å². The molecule has 2 aliphatic heterocycles. The van der Waals surface area contributed by atoms with Crippen molar-refractivity contribution in [2.24, 2.45) is 22.1 Å². The Labute approximate surface area is 283 Å². The molecular formula is C37H47FN4O5S. The lowest BCUT2D eigenvalue weighted by atomic mass is 9.68. The van der Waals surface area contributed by atoms with Crippen LogP contribution in [0.4, 0.5) is 14.9 Å². The topological polar surface area (TPSA) is 109 Å². The number of carbonyl (C=O) groups is 2. The van der Waals surface area contributed by atoms with Gasteiger partial charge in [0.1, 0.15) is 21.8 Å². The molecule has 3 aliphatic carbocycles. The van der Waals surface area contributed by atoms with Crippen LogP contribution in [-0.2, 0) is 26.5 Å². The predicted octanol–water partition coefficient (Wildman–Crippen LogP) is 6.04. The first-order chi connectivity index (χ1) is 23.0. The van der Waals surface area contributed by atoms with Gasteiger partial charge in [0.05, 0.1) is 30.2 Å². The van der Waals surface area contributed by atoms with Crippen LogP contribution >= 0.6 is 0 Å². The molecule has 0 aromatic heterocycles. The minimum absolute atomic E-state index is 0.0362. The maximum absolute atomic E-state index is 14.2. The molecule has 2 aromatic carbocycles. The Hall–Kier alpha value is -3.44. The van der Waals surface area contributed by atoms with E-state index in [1.807, 2.05) is 19.1 Å². The third kappa shape index (κ3) is 6.72. The van der Waals surface area contributed by atoms with Crippen LogP contribution in [-0.4, -0.2) is 67.0 Å². The SMILES string of the molecule is CO[C@H]1/C=C/C[C@H](C)CS(=O)(NC(=O)N[C@@H]2C[C@@H]2F)=NC(=O)c2ccc3c(c2)N(C[C@@H]2CC[C@H]21)C[C@@]1(CCCc2cc(C)ccc21)CO3. The predicted molar refractivity (Wildman–Crippen MR) is 185 cm³/mol. The smallest absolute Gasteiger partial charge is 0.327 e. The van der Waals surface area contributed by atoms with Gasteiger partial charge in [0, 0.05) is 37.6 Å². The van der Waals surface area contributed by atoms with Crippen molar-refractivity contribution in [1.82, 2.24) is 10.0 Å². The number of alkyl halides is 1. The number of rotatable bonds is 3. The number of nitrogens with one attached hydrogen (secondary N) is 2. The minimum atomic E-state index is -3.55. The molecule has 3 amide bonds. The lowest BCUT2D eigenvalue weighted by molar-refractivity contribution is 0.0131. The van der Waals surface area contributed by atoms with Gasteiger partial charge in [-0.15, -0.1) is 4.36 Å². The number of allylic oxidation sites excluding steroid dienone is 1. The van der Waals surface area contributed by atoms with Crippen LogP contribution < -0.4 is 19.7 Å². The summed E-state index contributed by atoms with van der Waals surface area (Å²) in [6.07, 6.45) is 9.07. The first-order valence-electron chi connectivity index (χ1n) is 17.4. The zero-order valence-electron chi connectivity index (χ0n) is 28.1. The summed E-state index contributed by atoms with van der Waals surface area (Å²) in [6, 6.07) is 10.7. The van der Waals surface area contributed by atoms with Gasteiger partial charge in [0.2, 0.25) is 0 Å². The zero-order valence-corrected chi connectivity index (χ0v) is 28.9. The Morgan fingerprint density at radius 3 is 2.79 bits per heavy atom. The van der Waals surface area contributed by atoms with Crippen molar-refractivity contribution in [2.45, 2.75) is 82.5 Å². The highest BCUT2D eigenvalue weighted by molar-refractivity contribution is 7.92. The Kier molecular flexibility index (Phi) is 9.04. The van der Waals surface area contributed by atoms with Crippen molar-refractivity contribution in [1.29, 1.82) is 0 Å². The molecule has 8 atom stereocenters. The third-order valence-electron chi connectivity index (χ3n) is 11.0.